The number of fused-ring (bicyclic) bond motifs is 1. The number of rotatable bonds is 9. The smallest absolute Gasteiger partial charge is 0.260 e. The molecule has 0 bridgehead atoms. The van der Waals surface area contributed by atoms with Crippen LogP contribution in [0.25, 0.3) is 17.0 Å². The van der Waals surface area contributed by atoms with Crippen molar-refractivity contribution in [1.29, 1.82) is 0 Å². The van der Waals surface area contributed by atoms with Crippen molar-refractivity contribution in [3.05, 3.63) is 66.5 Å². The third-order valence-corrected chi connectivity index (χ3v) is 4.73. The molecule has 0 saturated heterocycles. The van der Waals surface area contributed by atoms with Crippen molar-refractivity contribution in [2.75, 3.05) is 20.3 Å². The molecule has 0 aliphatic heterocycles. The molecule has 170 valence electrons. The van der Waals surface area contributed by atoms with Gasteiger partial charge in [0.25, 0.3) is 5.91 Å². The number of halogens is 1. The van der Waals surface area contributed by atoms with E-state index < -0.39 is 6.10 Å². The summed E-state index contributed by atoms with van der Waals surface area (Å²) in [7, 11) is 1.59. The Hall–Kier alpha value is -4.21. The Labute approximate surface area is 189 Å². The van der Waals surface area contributed by atoms with Gasteiger partial charge in [0.15, 0.2) is 17.6 Å². The molecule has 0 spiro atoms. The summed E-state index contributed by atoms with van der Waals surface area (Å²) in [4.78, 5) is 12.2. The summed E-state index contributed by atoms with van der Waals surface area (Å²) >= 11 is 0. The predicted molar refractivity (Wildman–Crippen MR) is 118 cm³/mol. The van der Waals surface area contributed by atoms with Gasteiger partial charge in [-0.3, -0.25) is 4.79 Å². The molecule has 4 rings (SSSR count). The largest absolute Gasteiger partial charge is 0.496 e. The van der Waals surface area contributed by atoms with Crippen LogP contribution in [0.3, 0.4) is 0 Å². The number of hydrogen-bond acceptors (Lipinski definition) is 7. The van der Waals surface area contributed by atoms with Gasteiger partial charge in [-0.05, 0) is 49.4 Å². The van der Waals surface area contributed by atoms with E-state index in [0.717, 1.165) is 5.56 Å². The fourth-order valence-electron chi connectivity index (χ4n) is 3.09. The van der Waals surface area contributed by atoms with Crippen LogP contribution in [0.15, 0.2) is 60.7 Å². The van der Waals surface area contributed by atoms with Gasteiger partial charge in [-0.1, -0.05) is 12.1 Å². The van der Waals surface area contributed by atoms with Crippen molar-refractivity contribution in [3.8, 4) is 28.8 Å². The molecule has 1 N–H and O–H groups in total. The molecule has 2 aromatic heterocycles. The van der Waals surface area contributed by atoms with E-state index in [2.05, 4.69) is 20.6 Å². The summed E-state index contributed by atoms with van der Waals surface area (Å²) in [5, 5.41) is 15.5. The number of nitrogens with one attached hydrogen (secondary N) is 1. The summed E-state index contributed by atoms with van der Waals surface area (Å²) < 4.78 is 31.1. The van der Waals surface area contributed by atoms with Crippen LogP contribution in [0, 0.1) is 5.82 Å². The lowest BCUT2D eigenvalue weighted by Gasteiger charge is -2.14. The van der Waals surface area contributed by atoms with Crippen LogP contribution in [-0.4, -0.2) is 52.1 Å². The number of aromatic nitrogens is 4. The Balaban J connectivity index is 1.34. The molecule has 2 heterocycles. The van der Waals surface area contributed by atoms with Crippen molar-refractivity contribution < 1.29 is 23.4 Å². The maximum atomic E-state index is 13.0. The minimum Gasteiger partial charge on any atom is -0.496 e. The second-order valence-electron chi connectivity index (χ2n) is 7.02. The monoisotopic (exact) mass is 451 g/mol. The van der Waals surface area contributed by atoms with E-state index in [1.54, 1.807) is 30.7 Å². The topological polar surface area (TPSA) is 99.9 Å². The first kappa shape index (κ1) is 22.0. The van der Waals surface area contributed by atoms with Crippen LogP contribution in [0.4, 0.5) is 4.39 Å². The average molecular weight is 451 g/mol. The maximum absolute atomic E-state index is 13.0. The molecule has 1 unspecified atom stereocenters. The Morgan fingerprint density at radius 2 is 1.88 bits per heavy atom. The minimum absolute atomic E-state index is 0.194. The summed E-state index contributed by atoms with van der Waals surface area (Å²) in [6.07, 6.45) is -0.745. The van der Waals surface area contributed by atoms with E-state index in [-0.39, 0.29) is 24.9 Å². The number of benzene rings is 2. The standard InChI is InChI=1S/C23H22FN5O4/c1-15(33-17-9-7-16(24)8-10-17)23(30)25-13-14-32-21-12-11-20-26-27-22(29(20)28-21)18-5-3-4-6-19(18)31-2/h3-12,15H,13-14H2,1-2H3,(H,25,30). The van der Waals surface area contributed by atoms with Gasteiger partial charge in [0.2, 0.25) is 5.88 Å². The first-order valence-electron chi connectivity index (χ1n) is 10.2. The Morgan fingerprint density at radius 3 is 2.67 bits per heavy atom. The normalized spacial score (nSPS) is 11.7. The second kappa shape index (κ2) is 9.94. The summed E-state index contributed by atoms with van der Waals surface area (Å²) in [6, 6.07) is 16.3. The van der Waals surface area contributed by atoms with Crippen molar-refractivity contribution in [3.63, 3.8) is 0 Å². The quantitative estimate of drug-likeness (QED) is 0.391. The van der Waals surface area contributed by atoms with Gasteiger partial charge in [0.1, 0.15) is 23.9 Å². The lowest BCUT2D eigenvalue weighted by atomic mass is 10.2. The number of nitrogens with zero attached hydrogens (tertiary/aromatic N) is 4. The third kappa shape index (κ3) is 5.17. The highest BCUT2D eigenvalue weighted by atomic mass is 19.1. The van der Waals surface area contributed by atoms with Gasteiger partial charge in [-0.2, -0.15) is 4.52 Å². The van der Waals surface area contributed by atoms with Crippen molar-refractivity contribution in [2.45, 2.75) is 13.0 Å². The van der Waals surface area contributed by atoms with Crippen LogP contribution < -0.4 is 19.5 Å². The molecule has 2 aromatic carbocycles. The zero-order chi connectivity index (χ0) is 23.2. The first-order valence-corrected chi connectivity index (χ1v) is 10.2. The predicted octanol–water partition coefficient (Wildman–Crippen LogP) is 2.90. The average Bonchev–Trinajstić information content (AvgIpc) is 3.26. The molecule has 0 fully saturated rings. The maximum Gasteiger partial charge on any atom is 0.260 e. The van der Waals surface area contributed by atoms with Gasteiger partial charge >= 0.3 is 0 Å². The molecule has 1 amide bonds. The van der Waals surface area contributed by atoms with Gasteiger partial charge in [-0.25, -0.2) is 4.39 Å². The van der Waals surface area contributed by atoms with Crippen molar-refractivity contribution in [2.24, 2.45) is 0 Å². The SMILES string of the molecule is COc1ccccc1-c1nnc2ccc(OCCNC(=O)C(C)Oc3ccc(F)cc3)nn12. The molecule has 9 nitrogen and oxygen atoms in total. The Morgan fingerprint density at radius 1 is 1.09 bits per heavy atom. The van der Waals surface area contributed by atoms with Crippen molar-refractivity contribution >= 4 is 11.6 Å². The molecule has 0 aliphatic carbocycles. The minimum atomic E-state index is -0.745. The fraction of sp³-hybridized carbons (Fsp3) is 0.217. The van der Waals surface area contributed by atoms with Gasteiger partial charge < -0.3 is 19.5 Å². The number of methoxy groups -OCH3 is 1. The van der Waals surface area contributed by atoms with Crippen LogP contribution in [0.5, 0.6) is 17.4 Å². The lowest BCUT2D eigenvalue weighted by Crippen LogP contribution is -2.38. The van der Waals surface area contributed by atoms with Crippen LogP contribution >= 0.6 is 0 Å². The molecule has 0 saturated carbocycles. The Bertz CT molecular complexity index is 1250. The van der Waals surface area contributed by atoms with E-state index in [4.69, 9.17) is 14.2 Å². The molecule has 1 atom stereocenters. The third-order valence-electron chi connectivity index (χ3n) is 4.73. The highest BCUT2D eigenvalue weighted by molar-refractivity contribution is 5.80. The lowest BCUT2D eigenvalue weighted by molar-refractivity contribution is -0.127. The summed E-state index contributed by atoms with van der Waals surface area (Å²) in [5.74, 6) is 1.25. The number of hydrogen-bond donors (Lipinski definition) is 1. The summed E-state index contributed by atoms with van der Waals surface area (Å²) in [6.45, 7) is 2.05. The molecular weight excluding hydrogens is 429 g/mol. The molecule has 10 heteroatoms. The van der Waals surface area contributed by atoms with Crippen LogP contribution in [0.1, 0.15) is 6.92 Å². The fourth-order valence-corrected chi connectivity index (χ4v) is 3.09. The number of carbonyl (C=O) groups is 1. The molecule has 4 aromatic rings. The zero-order valence-electron chi connectivity index (χ0n) is 18.1. The van der Waals surface area contributed by atoms with Gasteiger partial charge in [0.05, 0.1) is 19.2 Å². The van der Waals surface area contributed by atoms with E-state index in [0.29, 0.717) is 28.9 Å². The number of carbonyl (C=O) groups excluding carboxylic acids is 1. The van der Waals surface area contributed by atoms with Crippen molar-refractivity contribution in [1.82, 2.24) is 25.1 Å². The van der Waals surface area contributed by atoms with Gasteiger partial charge in [-0.15, -0.1) is 15.3 Å². The molecular formula is C23H22FN5O4. The Kier molecular flexibility index (Phi) is 6.63. The highest BCUT2D eigenvalue weighted by Crippen LogP contribution is 2.28. The number of amides is 1. The van der Waals surface area contributed by atoms with E-state index in [1.807, 2.05) is 24.3 Å². The van der Waals surface area contributed by atoms with E-state index >= 15 is 0 Å². The van der Waals surface area contributed by atoms with E-state index in [1.165, 1.54) is 24.3 Å². The second-order valence-corrected chi connectivity index (χ2v) is 7.02. The van der Waals surface area contributed by atoms with Crippen LogP contribution in [0.2, 0.25) is 0 Å². The molecule has 33 heavy (non-hydrogen) atoms. The highest BCUT2D eigenvalue weighted by Gasteiger charge is 2.16. The first-order chi connectivity index (χ1) is 16.0. The summed E-state index contributed by atoms with van der Waals surface area (Å²) in [5.41, 5.74) is 1.31. The molecule has 0 aliphatic rings. The number of ether oxygens (including phenoxy) is 3. The number of para-hydroxylation sites is 1. The molecule has 0 radical (unpaired) electrons. The van der Waals surface area contributed by atoms with E-state index in [9.17, 15) is 9.18 Å². The van der Waals surface area contributed by atoms with Gasteiger partial charge in [0, 0.05) is 6.07 Å². The zero-order valence-corrected chi connectivity index (χ0v) is 18.1. The van der Waals surface area contributed by atoms with Crippen LogP contribution in [-0.2, 0) is 4.79 Å².